The Balaban J connectivity index is 3.05. The molecule has 15 heavy (non-hydrogen) atoms. The van der Waals surface area contributed by atoms with E-state index >= 15 is 0 Å². The summed E-state index contributed by atoms with van der Waals surface area (Å²) in [5, 5.41) is 9.60. The van der Waals surface area contributed by atoms with Gasteiger partial charge in [-0.05, 0) is 30.7 Å². The van der Waals surface area contributed by atoms with Gasteiger partial charge in [0.25, 0.3) is 0 Å². The molecule has 0 N–H and O–H groups in total. The average molecular weight is 226 g/mol. The zero-order valence-electron chi connectivity index (χ0n) is 10.3. The predicted molar refractivity (Wildman–Crippen MR) is 67.0 cm³/mol. The first kappa shape index (κ1) is 12.9. The maximum atomic E-state index is 9.60. The van der Waals surface area contributed by atoms with E-state index in [2.05, 4.69) is 38.7 Å². The predicted octanol–water partition coefficient (Wildman–Crippen LogP) is 2.75. The van der Waals surface area contributed by atoms with Crippen LogP contribution in [0.1, 0.15) is 34.1 Å². The van der Waals surface area contributed by atoms with Crippen molar-refractivity contribution >= 4 is 11.8 Å². The fourth-order valence-corrected chi connectivity index (χ4v) is 4.22. The van der Waals surface area contributed by atoms with E-state index < -0.39 is 0 Å². The molecule has 86 valence electrons. The van der Waals surface area contributed by atoms with Crippen LogP contribution in [-0.4, -0.2) is 35.0 Å². The van der Waals surface area contributed by atoms with E-state index in [1.807, 2.05) is 11.8 Å². The van der Waals surface area contributed by atoms with E-state index in [-0.39, 0.29) is 11.0 Å². The zero-order chi connectivity index (χ0) is 11.5. The molecule has 1 saturated heterocycles. The topological polar surface area (TPSA) is 27.0 Å². The molecule has 0 bridgehead atoms. The highest BCUT2D eigenvalue weighted by atomic mass is 32.2. The molecule has 1 unspecified atom stereocenters. The molecule has 0 amide bonds. The minimum Gasteiger partial charge on any atom is -0.285 e. The normalized spacial score (nSPS) is 30.1. The van der Waals surface area contributed by atoms with Gasteiger partial charge in [-0.3, -0.25) is 4.90 Å². The molecular formula is C12H22N2S. The Kier molecular flexibility index (Phi) is 4.08. The highest BCUT2D eigenvalue weighted by Crippen LogP contribution is 2.45. The van der Waals surface area contributed by atoms with E-state index in [1.165, 1.54) is 5.75 Å². The van der Waals surface area contributed by atoms with Crippen molar-refractivity contribution in [3.05, 3.63) is 0 Å². The summed E-state index contributed by atoms with van der Waals surface area (Å²) >= 11 is 1.92. The molecule has 0 aromatic rings. The summed E-state index contributed by atoms with van der Waals surface area (Å²) in [4.78, 5) is 2.33. The summed E-state index contributed by atoms with van der Waals surface area (Å²) in [5.74, 6) is 2.15. The van der Waals surface area contributed by atoms with Gasteiger partial charge in [-0.1, -0.05) is 27.7 Å². The first-order valence-corrected chi connectivity index (χ1v) is 6.93. The number of hydrogen-bond donors (Lipinski definition) is 0. The standard InChI is InChI=1S/C12H22N2S/c1-5-14(6-2)12(9-13)10-15-8-7-11(12,3)4/h5-8,10H2,1-4H3. The minimum absolute atomic E-state index is 0.110. The third-order valence-electron chi connectivity index (χ3n) is 3.79. The van der Waals surface area contributed by atoms with E-state index in [9.17, 15) is 5.26 Å². The van der Waals surface area contributed by atoms with E-state index in [4.69, 9.17) is 0 Å². The molecule has 1 rings (SSSR count). The lowest BCUT2D eigenvalue weighted by molar-refractivity contribution is 0.0479. The van der Waals surface area contributed by atoms with Gasteiger partial charge in [0, 0.05) is 5.75 Å². The molecule has 0 radical (unpaired) electrons. The Bertz CT molecular complexity index is 253. The van der Waals surface area contributed by atoms with Gasteiger partial charge in [-0.25, -0.2) is 0 Å². The Morgan fingerprint density at radius 3 is 2.33 bits per heavy atom. The third-order valence-corrected chi connectivity index (χ3v) is 4.90. The van der Waals surface area contributed by atoms with Crippen LogP contribution in [0.2, 0.25) is 0 Å². The van der Waals surface area contributed by atoms with Crippen molar-refractivity contribution < 1.29 is 0 Å². The largest absolute Gasteiger partial charge is 0.285 e. The van der Waals surface area contributed by atoms with Gasteiger partial charge in [0.05, 0.1) is 6.07 Å². The van der Waals surface area contributed by atoms with Crippen LogP contribution in [0.25, 0.3) is 0 Å². The number of rotatable bonds is 3. The van der Waals surface area contributed by atoms with Crippen molar-refractivity contribution in [2.45, 2.75) is 39.7 Å². The van der Waals surface area contributed by atoms with Crippen LogP contribution >= 0.6 is 11.8 Å². The Labute approximate surface area is 98.0 Å². The molecule has 0 spiro atoms. The van der Waals surface area contributed by atoms with Crippen LogP contribution in [0.3, 0.4) is 0 Å². The number of nitriles is 1. The third kappa shape index (κ3) is 2.03. The Morgan fingerprint density at radius 2 is 1.93 bits per heavy atom. The van der Waals surface area contributed by atoms with Crippen LogP contribution in [0.5, 0.6) is 0 Å². The second-order valence-electron chi connectivity index (χ2n) is 4.83. The van der Waals surface area contributed by atoms with Crippen molar-refractivity contribution in [3.63, 3.8) is 0 Å². The van der Waals surface area contributed by atoms with Gasteiger partial charge in [0.15, 0.2) is 0 Å². The van der Waals surface area contributed by atoms with Crippen molar-refractivity contribution in [2.24, 2.45) is 5.41 Å². The van der Waals surface area contributed by atoms with Crippen molar-refractivity contribution in [1.29, 1.82) is 5.26 Å². The highest BCUT2D eigenvalue weighted by Gasteiger charge is 2.50. The lowest BCUT2D eigenvalue weighted by atomic mass is 9.70. The Morgan fingerprint density at radius 1 is 1.33 bits per heavy atom. The molecule has 0 aromatic heterocycles. The molecule has 3 heteroatoms. The molecule has 2 nitrogen and oxygen atoms in total. The summed E-state index contributed by atoms with van der Waals surface area (Å²) in [7, 11) is 0. The molecule has 0 aliphatic carbocycles. The quantitative estimate of drug-likeness (QED) is 0.740. The minimum atomic E-state index is -0.264. The molecule has 0 saturated carbocycles. The van der Waals surface area contributed by atoms with Gasteiger partial charge >= 0.3 is 0 Å². The van der Waals surface area contributed by atoms with Gasteiger partial charge in [-0.15, -0.1) is 0 Å². The van der Waals surface area contributed by atoms with Crippen LogP contribution in [0.15, 0.2) is 0 Å². The van der Waals surface area contributed by atoms with Crippen LogP contribution in [-0.2, 0) is 0 Å². The summed E-state index contributed by atoms with van der Waals surface area (Å²) < 4.78 is 0. The SMILES string of the molecule is CCN(CC)C1(C#N)CSCCC1(C)C. The molecule has 0 aromatic carbocycles. The van der Waals surface area contributed by atoms with Gasteiger partial charge in [0.2, 0.25) is 0 Å². The molecule has 1 aliphatic rings. The van der Waals surface area contributed by atoms with Crippen molar-refractivity contribution in [2.75, 3.05) is 24.6 Å². The number of thioether (sulfide) groups is 1. The molecular weight excluding hydrogens is 204 g/mol. The second-order valence-corrected chi connectivity index (χ2v) is 5.94. The Hall–Kier alpha value is -0.200. The zero-order valence-corrected chi connectivity index (χ0v) is 11.2. The van der Waals surface area contributed by atoms with E-state index in [0.717, 1.165) is 25.3 Å². The summed E-state index contributed by atoms with van der Waals surface area (Å²) in [6, 6.07) is 2.61. The molecule has 1 heterocycles. The van der Waals surface area contributed by atoms with E-state index in [1.54, 1.807) is 0 Å². The summed E-state index contributed by atoms with van der Waals surface area (Å²) in [6.45, 7) is 10.7. The van der Waals surface area contributed by atoms with Gasteiger partial charge in [0.1, 0.15) is 5.54 Å². The monoisotopic (exact) mass is 226 g/mol. The van der Waals surface area contributed by atoms with Gasteiger partial charge in [-0.2, -0.15) is 17.0 Å². The molecule has 1 atom stereocenters. The molecule has 1 aliphatic heterocycles. The first-order chi connectivity index (χ1) is 7.04. The summed E-state index contributed by atoms with van der Waals surface area (Å²) in [5.41, 5.74) is -0.154. The van der Waals surface area contributed by atoms with Crippen LogP contribution in [0, 0.1) is 16.7 Å². The average Bonchev–Trinajstić information content (AvgIpc) is 2.22. The number of hydrogen-bond acceptors (Lipinski definition) is 3. The number of nitrogens with zero attached hydrogens (tertiary/aromatic N) is 2. The molecule has 1 fully saturated rings. The van der Waals surface area contributed by atoms with E-state index in [0.29, 0.717) is 0 Å². The van der Waals surface area contributed by atoms with Crippen LogP contribution in [0.4, 0.5) is 0 Å². The fraction of sp³-hybridized carbons (Fsp3) is 0.917. The van der Waals surface area contributed by atoms with Crippen molar-refractivity contribution in [3.8, 4) is 6.07 Å². The van der Waals surface area contributed by atoms with Crippen LogP contribution < -0.4 is 0 Å². The lowest BCUT2D eigenvalue weighted by Gasteiger charge is -2.51. The summed E-state index contributed by atoms with van der Waals surface area (Å²) in [6.07, 6.45) is 1.14. The van der Waals surface area contributed by atoms with Gasteiger partial charge < -0.3 is 0 Å². The first-order valence-electron chi connectivity index (χ1n) is 5.78. The maximum Gasteiger partial charge on any atom is 0.123 e. The maximum absolute atomic E-state index is 9.60. The van der Waals surface area contributed by atoms with Crippen molar-refractivity contribution in [1.82, 2.24) is 4.90 Å². The lowest BCUT2D eigenvalue weighted by Crippen LogP contribution is -2.60. The smallest absolute Gasteiger partial charge is 0.123 e. The highest BCUT2D eigenvalue weighted by molar-refractivity contribution is 7.99. The fourth-order valence-electron chi connectivity index (χ4n) is 2.49. The second kappa shape index (κ2) is 4.76.